The molecule has 3 nitrogen and oxygen atoms in total. The minimum Gasteiger partial charge on any atom is -0.350 e. The highest BCUT2D eigenvalue weighted by atomic mass is 16.7. The van der Waals surface area contributed by atoms with E-state index in [9.17, 15) is 0 Å². The van der Waals surface area contributed by atoms with Crippen molar-refractivity contribution in [2.24, 2.45) is 0 Å². The van der Waals surface area contributed by atoms with Crippen LogP contribution in [0.1, 0.15) is 12.8 Å². The van der Waals surface area contributed by atoms with E-state index in [2.05, 4.69) is 11.9 Å². The van der Waals surface area contributed by atoms with Gasteiger partial charge in [-0.15, -0.1) is 6.58 Å². The van der Waals surface area contributed by atoms with E-state index in [1.165, 1.54) is 0 Å². The molecule has 1 N–H and O–H groups in total. The summed E-state index contributed by atoms with van der Waals surface area (Å²) >= 11 is 0. The summed E-state index contributed by atoms with van der Waals surface area (Å²) in [5.74, 6) is 0. The first-order chi connectivity index (χ1) is 5.86. The quantitative estimate of drug-likeness (QED) is 0.624. The molecule has 12 heavy (non-hydrogen) atoms. The van der Waals surface area contributed by atoms with Gasteiger partial charge in [-0.2, -0.15) is 0 Å². The summed E-state index contributed by atoms with van der Waals surface area (Å²) in [6.07, 6.45) is 3.76. The monoisotopic (exact) mass is 171 g/mol. The van der Waals surface area contributed by atoms with Gasteiger partial charge in [-0.1, -0.05) is 6.08 Å². The summed E-state index contributed by atoms with van der Waals surface area (Å²) in [7, 11) is 1.95. The Morgan fingerprint density at radius 2 is 2.25 bits per heavy atom. The predicted molar refractivity (Wildman–Crippen MR) is 48.0 cm³/mol. The third kappa shape index (κ3) is 2.93. The maximum absolute atomic E-state index is 5.34. The Labute approximate surface area is 73.7 Å². The van der Waals surface area contributed by atoms with Crippen molar-refractivity contribution in [2.45, 2.75) is 25.2 Å². The summed E-state index contributed by atoms with van der Waals surface area (Å²) in [4.78, 5) is 0. The van der Waals surface area contributed by atoms with Crippen molar-refractivity contribution >= 4 is 0 Å². The molecule has 1 aliphatic rings. The molecule has 3 heteroatoms. The van der Waals surface area contributed by atoms with E-state index in [4.69, 9.17) is 9.47 Å². The van der Waals surface area contributed by atoms with Crippen LogP contribution in [0.3, 0.4) is 0 Å². The summed E-state index contributed by atoms with van der Waals surface area (Å²) < 4.78 is 10.7. The number of rotatable bonds is 5. The topological polar surface area (TPSA) is 30.5 Å². The lowest BCUT2D eigenvalue weighted by Gasteiger charge is -2.17. The highest BCUT2D eigenvalue weighted by Crippen LogP contribution is 2.12. The molecule has 0 spiro atoms. The van der Waals surface area contributed by atoms with Crippen LogP contribution in [-0.2, 0) is 9.47 Å². The van der Waals surface area contributed by atoms with Crippen LogP contribution in [0.25, 0.3) is 0 Å². The lowest BCUT2D eigenvalue weighted by atomic mass is 10.1. The van der Waals surface area contributed by atoms with Crippen molar-refractivity contribution in [1.29, 1.82) is 0 Å². The van der Waals surface area contributed by atoms with Crippen molar-refractivity contribution in [1.82, 2.24) is 5.32 Å². The SMILES string of the molecule is C=CCC(CC1OCCO1)NC. The molecular weight excluding hydrogens is 154 g/mol. The summed E-state index contributed by atoms with van der Waals surface area (Å²) in [5, 5.41) is 3.20. The van der Waals surface area contributed by atoms with Crippen LogP contribution in [0.5, 0.6) is 0 Å². The average molecular weight is 171 g/mol. The van der Waals surface area contributed by atoms with Crippen LogP contribution in [-0.4, -0.2) is 32.6 Å². The molecule has 70 valence electrons. The van der Waals surface area contributed by atoms with E-state index < -0.39 is 0 Å². The van der Waals surface area contributed by atoms with Gasteiger partial charge in [0.15, 0.2) is 6.29 Å². The number of hydrogen-bond acceptors (Lipinski definition) is 3. The molecule has 0 aromatic heterocycles. The third-order valence-corrected chi connectivity index (χ3v) is 2.03. The van der Waals surface area contributed by atoms with Gasteiger partial charge in [0.2, 0.25) is 0 Å². The van der Waals surface area contributed by atoms with E-state index in [1.807, 2.05) is 13.1 Å². The summed E-state index contributed by atoms with van der Waals surface area (Å²) in [5.41, 5.74) is 0. The second kappa shape index (κ2) is 5.30. The number of nitrogens with one attached hydrogen (secondary N) is 1. The molecule has 0 radical (unpaired) electrons. The maximum atomic E-state index is 5.34. The second-order valence-corrected chi connectivity index (χ2v) is 2.92. The van der Waals surface area contributed by atoms with E-state index in [1.54, 1.807) is 0 Å². The van der Waals surface area contributed by atoms with E-state index >= 15 is 0 Å². The first-order valence-corrected chi connectivity index (χ1v) is 4.38. The molecule has 0 saturated carbocycles. The van der Waals surface area contributed by atoms with Gasteiger partial charge in [0, 0.05) is 12.5 Å². The molecule has 0 amide bonds. The van der Waals surface area contributed by atoms with Gasteiger partial charge in [-0.25, -0.2) is 0 Å². The third-order valence-electron chi connectivity index (χ3n) is 2.03. The zero-order valence-corrected chi connectivity index (χ0v) is 7.58. The highest BCUT2D eigenvalue weighted by Gasteiger charge is 2.19. The minimum atomic E-state index is -0.0117. The molecule has 0 bridgehead atoms. The van der Waals surface area contributed by atoms with Crippen LogP contribution < -0.4 is 5.32 Å². The lowest BCUT2D eigenvalue weighted by Crippen LogP contribution is -2.29. The fourth-order valence-electron chi connectivity index (χ4n) is 1.31. The standard InChI is InChI=1S/C9H17NO2/c1-3-4-8(10-2)7-9-11-5-6-12-9/h3,8-10H,1,4-7H2,2H3. The molecular formula is C9H17NO2. The van der Waals surface area contributed by atoms with Crippen LogP contribution >= 0.6 is 0 Å². The first-order valence-electron chi connectivity index (χ1n) is 4.38. The Morgan fingerprint density at radius 3 is 2.75 bits per heavy atom. The molecule has 1 atom stereocenters. The number of ether oxygens (including phenoxy) is 2. The van der Waals surface area contributed by atoms with Gasteiger partial charge in [-0.3, -0.25) is 0 Å². The van der Waals surface area contributed by atoms with Crippen molar-refractivity contribution in [3.63, 3.8) is 0 Å². The molecule has 1 unspecified atom stereocenters. The highest BCUT2D eigenvalue weighted by molar-refractivity contribution is 4.78. The van der Waals surface area contributed by atoms with Gasteiger partial charge in [-0.05, 0) is 13.5 Å². The Bertz CT molecular complexity index is 132. The van der Waals surface area contributed by atoms with E-state index in [0.717, 1.165) is 26.1 Å². The summed E-state index contributed by atoms with van der Waals surface area (Å²) in [6.45, 7) is 5.16. The largest absolute Gasteiger partial charge is 0.350 e. The zero-order chi connectivity index (χ0) is 8.81. The normalized spacial score (nSPS) is 21.1. The lowest BCUT2D eigenvalue weighted by molar-refractivity contribution is -0.0521. The second-order valence-electron chi connectivity index (χ2n) is 2.92. The molecule has 0 aromatic carbocycles. The fraction of sp³-hybridized carbons (Fsp3) is 0.778. The molecule has 0 aliphatic carbocycles. The average Bonchev–Trinajstić information content (AvgIpc) is 2.56. The predicted octanol–water partition coefficient (Wildman–Crippen LogP) is 0.913. The van der Waals surface area contributed by atoms with E-state index in [-0.39, 0.29) is 6.29 Å². The van der Waals surface area contributed by atoms with Crippen LogP contribution in [0.2, 0.25) is 0 Å². The molecule has 0 aromatic rings. The molecule has 1 aliphatic heterocycles. The molecule has 1 fully saturated rings. The Balaban J connectivity index is 2.20. The van der Waals surface area contributed by atoms with Crippen LogP contribution in [0.15, 0.2) is 12.7 Å². The van der Waals surface area contributed by atoms with Crippen LogP contribution in [0, 0.1) is 0 Å². The van der Waals surface area contributed by atoms with E-state index in [0.29, 0.717) is 6.04 Å². The zero-order valence-electron chi connectivity index (χ0n) is 7.58. The summed E-state index contributed by atoms with van der Waals surface area (Å²) in [6, 6.07) is 0.422. The Kier molecular flexibility index (Phi) is 4.29. The minimum absolute atomic E-state index is 0.0117. The van der Waals surface area contributed by atoms with Crippen molar-refractivity contribution in [2.75, 3.05) is 20.3 Å². The fourth-order valence-corrected chi connectivity index (χ4v) is 1.31. The Morgan fingerprint density at radius 1 is 1.58 bits per heavy atom. The van der Waals surface area contributed by atoms with Gasteiger partial charge >= 0.3 is 0 Å². The van der Waals surface area contributed by atoms with Gasteiger partial charge < -0.3 is 14.8 Å². The van der Waals surface area contributed by atoms with Crippen LogP contribution in [0.4, 0.5) is 0 Å². The van der Waals surface area contributed by atoms with Gasteiger partial charge in [0.25, 0.3) is 0 Å². The van der Waals surface area contributed by atoms with Crippen molar-refractivity contribution in [3.8, 4) is 0 Å². The van der Waals surface area contributed by atoms with Crippen molar-refractivity contribution < 1.29 is 9.47 Å². The van der Waals surface area contributed by atoms with Gasteiger partial charge in [0.1, 0.15) is 0 Å². The maximum Gasteiger partial charge on any atom is 0.159 e. The molecule has 1 heterocycles. The van der Waals surface area contributed by atoms with Gasteiger partial charge in [0.05, 0.1) is 13.2 Å². The van der Waals surface area contributed by atoms with Crippen molar-refractivity contribution in [3.05, 3.63) is 12.7 Å². The molecule has 1 saturated heterocycles. The Hall–Kier alpha value is -0.380. The smallest absolute Gasteiger partial charge is 0.159 e. The molecule has 1 rings (SSSR count). The number of hydrogen-bond donors (Lipinski definition) is 1. The first kappa shape index (κ1) is 9.71.